The Hall–Kier alpha value is -2.25. The summed E-state index contributed by atoms with van der Waals surface area (Å²) in [5, 5.41) is 19.2. The highest BCUT2D eigenvalue weighted by molar-refractivity contribution is 5.92. The molecular weight excluding hydrogens is 262 g/mol. The number of aryl methyl sites for hydroxylation is 2. The molecule has 0 bridgehead atoms. The standard InChI is InChI=1S/C12H19N5O3/c1-6-17(12(4,5)9(18)19)11(20)14-10-13-7(2)8(3)15-16-10/h6H2,1-5H3,(H,18,19)(H,13,14,16,20). The van der Waals surface area contributed by atoms with Crippen LogP contribution >= 0.6 is 0 Å². The van der Waals surface area contributed by atoms with Gasteiger partial charge in [0.2, 0.25) is 0 Å². The van der Waals surface area contributed by atoms with Crippen molar-refractivity contribution >= 4 is 17.9 Å². The lowest BCUT2D eigenvalue weighted by Gasteiger charge is -2.33. The van der Waals surface area contributed by atoms with Gasteiger partial charge in [-0.2, -0.15) is 5.10 Å². The highest BCUT2D eigenvalue weighted by Gasteiger charge is 2.37. The fourth-order valence-corrected chi connectivity index (χ4v) is 1.58. The van der Waals surface area contributed by atoms with Gasteiger partial charge in [-0.25, -0.2) is 14.6 Å². The van der Waals surface area contributed by atoms with Gasteiger partial charge in [-0.05, 0) is 34.6 Å². The summed E-state index contributed by atoms with van der Waals surface area (Å²) < 4.78 is 0. The molecule has 0 saturated heterocycles. The monoisotopic (exact) mass is 281 g/mol. The molecule has 8 heteroatoms. The minimum Gasteiger partial charge on any atom is -0.480 e. The number of nitrogens with one attached hydrogen (secondary N) is 1. The highest BCUT2D eigenvalue weighted by atomic mass is 16.4. The van der Waals surface area contributed by atoms with Crippen molar-refractivity contribution in [2.45, 2.75) is 40.2 Å². The number of anilines is 1. The van der Waals surface area contributed by atoms with E-state index in [0.29, 0.717) is 11.4 Å². The summed E-state index contributed by atoms with van der Waals surface area (Å²) in [5.41, 5.74) is -0.0107. The summed E-state index contributed by atoms with van der Waals surface area (Å²) in [6, 6.07) is -0.579. The Morgan fingerprint density at radius 2 is 1.85 bits per heavy atom. The van der Waals surface area contributed by atoms with Gasteiger partial charge in [0.15, 0.2) is 0 Å². The maximum Gasteiger partial charge on any atom is 0.329 e. The fraction of sp³-hybridized carbons (Fsp3) is 0.583. The minimum absolute atomic E-state index is 0.0535. The van der Waals surface area contributed by atoms with E-state index in [1.54, 1.807) is 20.8 Å². The average Bonchev–Trinajstić information content (AvgIpc) is 2.34. The molecule has 0 spiro atoms. The van der Waals surface area contributed by atoms with Crippen molar-refractivity contribution < 1.29 is 14.7 Å². The van der Waals surface area contributed by atoms with Crippen LogP contribution in [0.2, 0.25) is 0 Å². The first-order chi connectivity index (χ1) is 9.20. The number of amides is 2. The number of aromatic nitrogens is 3. The number of hydrogen-bond donors (Lipinski definition) is 2. The van der Waals surface area contributed by atoms with Crippen molar-refractivity contribution in [1.29, 1.82) is 0 Å². The Morgan fingerprint density at radius 1 is 1.25 bits per heavy atom. The van der Waals surface area contributed by atoms with E-state index >= 15 is 0 Å². The predicted molar refractivity (Wildman–Crippen MR) is 72.4 cm³/mol. The van der Waals surface area contributed by atoms with Gasteiger partial charge in [-0.1, -0.05) is 0 Å². The molecule has 8 nitrogen and oxygen atoms in total. The molecule has 0 aromatic carbocycles. The lowest BCUT2D eigenvalue weighted by atomic mass is 10.0. The van der Waals surface area contributed by atoms with Crippen LogP contribution in [0.15, 0.2) is 0 Å². The van der Waals surface area contributed by atoms with E-state index in [9.17, 15) is 14.7 Å². The van der Waals surface area contributed by atoms with Crippen LogP contribution in [0.5, 0.6) is 0 Å². The third-order valence-corrected chi connectivity index (χ3v) is 3.07. The molecule has 0 aliphatic heterocycles. The van der Waals surface area contributed by atoms with Gasteiger partial charge in [0, 0.05) is 6.54 Å². The summed E-state index contributed by atoms with van der Waals surface area (Å²) in [6.07, 6.45) is 0. The number of carbonyl (C=O) groups excluding carboxylic acids is 1. The molecule has 2 N–H and O–H groups in total. The van der Waals surface area contributed by atoms with Crippen molar-refractivity contribution in [3.05, 3.63) is 11.4 Å². The smallest absolute Gasteiger partial charge is 0.329 e. The Bertz CT molecular complexity index is 530. The van der Waals surface area contributed by atoms with Gasteiger partial charge in [-0.15, -0.1) is 5.10 Å². The second-order valence-electron chi connectivity index (χ2n) is 4.84. The van der Waals surface area contributed by atoms with Crippen LogP contribution in [-0.4, -0.2) is 49.3 Å². The van der Waals surface area contributed by atoms with E-state index in [1.807, 2.05) is 0 Å². The molecule has 0 aliphatic carbocycles. The Kier molecular flexibility index (Phi) is 4.59. The van der Waals surface area contributed by atoms with Crippen LogP contribution in [0.4, 0.5) is 10.7 Å². The molecule has 1 aromatic heterocycles. The van der Waals surface area contributed by atoms with Gasteiger partial charge in [0.25, 0.3) is 5.95 Å². The molecule has 1 rings (SSSR count). The van der Waals surface area contributed by atoms with Crippen LogP contribution < -0.4 is 5.32 Å². The largest absolute Gasteiger partial charge is 0.480 e. The van der Waals surface area contributed by atoms with E-state index in [-0.39, 0.29) is 12.5 Å². The summed E-state index contributed by atoms with van der Waals surface area (Å²) in [5.74, 6) is -1.04. The number of rotatable bonds is 4. The van der Waals surface area contributed by atoms with Crippen molar-refractivity contribution in [3.63, 3.8) is 0 Å². The van der Waals surface area contributed by atoms with E-state index in [4.69, 9.17) is 0 Å². The zero-order valence-electron chi connectivity index (χ0n) is 12.3. The minimum atomic E-state index is -1.33. The number of urea groups is 1. The summed E-state index contributed by atoms with van der Waals surface area (Å²) >= 11 is 0. The fourth-order valence-electron chi connectivity index (χ4n) is 1.58. The second-order valence-corrected chi connectivity index (χ2v) is 4.84. The zero-order valence-corrected chi connectivity index (χ0v) is 12.3. The number of nitrogens with zero attached hydrogens (tertiary/aromatic N) is 4. The molecule has 0 unspecified atom stereocenters. The molecule has 0 radical (unpaired) electrons. The predicted octanol–water partition coefficient (Wildman–Crippen LogP) is 1.21. The van der Waals surface area contributed by atoms with Crippen molar-refractivity contribution in [2.24, 2.45) is 0 Å². The SMILES string of the molecule is CCN(C(=O)Nc1nnc(C)c(C)n1)C(C)(C)C(=O)O. The van der Waals surface area contributed by atoms with Gasteiger partial charge in [0.05, 0.1) is 11.4 Å². The highest BCUT2D eigenvalue weighted by Crippen LogP contribution is 2.16. The van der Waals surface area contributed by atoms with Crippen LogP contribution in [0.1, 0.15) is 32.2 Å². The van der Waals surface area contributed by atoms with Gasteiger partial charge < -0.3 is 10.0 Å². The molecular formula is C12H19N5O3. The molecule has 2 amide bonds. The Balaban J connectivity index is 2.93. The number of carboxylic acids is 1. The number of hydrogen-bond acceptors (Lipinski definition) is 5. The number of aliphatic carboxylic acids is 1. The summed E-state index contributed by atoms with van der Waals surface area (Å²) in [7, 11) is 0. The van der Waals surface area contributed by atoms with Gasteiger partial charge >= 0.3 is 12.0 Å². The molecule has 1 aromatic rings. The van der Waals surface area contributed by atoms with Crippen LogP contribution in [-0.2, 0) is 4.79 Å². The summed E-state index contributed by atoms with van der Waals surface area (Å²) in [4.78, 5) is 28.6. The number of carbonyl (C=O) groups is 2. The maximum absolute atomic E-state index is 12.1. The summed E-state index contributed by atoms with van der Waals surface area (Å²) in [6.45, 7) is 8.36. The van der Waals surface area contributed by atoms with Crippen molar-refractivity contribution in [1.82, 2.24) is 20.1 Å². The molecule has 110 valence electrons. The lowest BCUT2D eigenvalue weighted by molar-refractivity contribution is -0.147. The molecule has 1 heterocycles. The third-order valence-electron chi connectivity index (χ3n) is 3.07. The Labute approximate surface area is 117 Å². The van der Waals surface area contributed by atoms with Crippen molar-refractivity contribution in [3.8, 4) is 0 Å². The van der Waals surface area contributed by atoms with E-state index in [1.165, 1.54) is 18.7 Å². The van der Waals surface area contributed by atoms with E-state index < -0.39 is 17.5 Å². The van der Waals surface area contributed by atoms with Crippen LogP contribution in [0.25, 0.3) is 0 Å². The second kappa shape index (κ2) is 5.81. The first kappa shape index (κ1) is 15.8. The zero-order chi connectivity index (χ0) is 15.5. The molecule has 0 atom stereocenters. The molecule has 20 heavy (non-hydrogen) atoms. The quantitative estimate of drug-likeness (QED) is 0.858. The van der Waals surface area contributed by atoms with Crippen LogP contribution in [0.3, 0.4) is 0 Å². The molecule has 0 fully saturated rings. The number of carboxylic acid groups (broad SMARTS) is 1. The first-order valence-electron chi connectivity index (χ1n) is 6.20. The normalized spacial score (nSPS) is 11.1. The third kappa shape index (κ3) is 3.19. The van der Waals surface area contributed by atoms with E-state index in [2.05, 4.69) is 20.5 Å². The lowest BCUT2D eigenvalue weighted by Crippen LogP contribution is -2.54. The topological polar surface area (TPSA) is 108 Å². The number of likely N-dealkylation sites (N-methyl/N-ethyl adjacent to an activating group) is 1. The van der Waals surface area contributed by atoms with Gasteiger partial charge in [0.1, 0.15) is 5.54 Å². The molecule has 0 saturated carbocycles. The van der Waals surface area contributed by atoms with Gasteiger partial charge in [-0.3, -0.25) is 5.32 Å². The van der Waals surface area contributed by atoms with Crippen molar-refractivity contribution in [2.75, 3.05) is 11.9 Å². The Morgan fingerprint density at radius 3 is 2.30 bits per heavy atom. The maximum atomic E-state index is 12.1. The first-order valence-corrected chi connectivity index (χ1v) is 6.20. The average molecular weight is 281 g/mol. The van der Waals surface area contributed by atoms with Crippen LogP contribution in [0, 0.1) is 13.8 Å². The molecule has 0 aliphatic rings. The van der Waals surface area contributed by atoms with E-state index in [0.717, 1.165) is 0 Å².